The number of para-hydroxylation sites is 1. The van der Waals surface area contributed by atoms with E-state index < -0.39 is 6.43 Å². The van der Waals surface area contributed by atoms with Gasteiger partial charge in [-0.05, 0) is 44.5 Å². The molecule has 1 aromatic heterocycles. The number of hydrogen-bond donors (Lipinski definition) is 3. The van der Waals surface area contributed by atoms with Crippen LogP contribution in [0.2, 0.25) is 0 Å². The molecule has 0 atom stereocenters. The molecule has 0 fully saturated rings. The van der Waals surface area contributed by atoms with Crippen LogP contribution < -0.4 is 10.6 Å². The molecule has 182 valence electrons. The number of ketones is 1. The van der Waals surface area contributed by atoms with Crippen LogP contribution in [-0.2, 0) is 11.3 Å². The van der Waals surface area contributed by atoms with Gasteiger partial charge in [-0.1, -0.05) is 19.9 Å². The molecule has 2 aromatic rings. The number of halogens is 2. The van der Waals surface area contributed by atoms with Gasteiger partial charge in [0.1, 0.15) is 17.2 Å². The number of phenolic OH excluding ortho intramolecular Hbond substituents is 1. The molecule has 1 aliphatic carbocycles. The first-order valence-electron chi connectivity index (χ1n) is 10.7. The molecule has 0 aliphatic heterocycles. The van der Waals surface area contributed by atoms with E-state index in [-0.39, 0.29) is 23.0 Å². The summed E-state index contributed by atoms with van der Waals surface area (Å²) in [7, 11) is 3.23. The Morgan fingerprint density at radius 3 is 2.36 bits per heavy atom. The highest BCUT2D eigenvalue weighted by atomic mass is 19.3. The molecule has 7 nitrogen and oxygen atoms in total. The Labute approximate surface area is 193 Å². The highest BCUT2D eigenvalue weighted by Crippen LogP contribution is 2.32. The van der Waals surface area contributed by atoms with Crippen molar-refractivity contribution < 1.29 is 27.9 Å². The normalized spacial score (nSPS) is 12.6. The van der Waals surface area contributed by atoms with Crippen molar-refractivity contribution in [3.63, 3.8) is 0 Å². The molecule has 0 spiro atoms. The van der Waals surface area contributed by atoms with E-state index >= 15 is 0 Å². The summed E-state index contributed by atoms with van der Waals surface area (Å²) in [6.07, 6.45) is -1.20. The number of Topliss-reactive ketones (excluding diaryl/α,β-unsaturated/α-hetero) is 1. The average molecular weight is 466 g/mol. The second kappa shape index (κ2) is 13.2. The third-order valence-corrected chi connectivity index (χ3v) is 4.39. The van der Waals surface area contributed by atoms with E-state index in [1.807, 2.05) is 32.9 Å². The fourth-order valence-electron chi connectivity index (χ4n) is 2.95. The van der Waals surface area contributed by atoms with Crippen molar-refractivity contribution >= 4 is 17.4 Å². The lowest BCUT2D eigenvalue weighted by molar-refractivity contribution is -0.114. The first-order valence-corrected chi connectivity index (χ1v) is 10.7. The molecule has 9 heteroatoms. The molecule has 33 heavy (non-hydrogen) atoms. The van der Waals surface area contributed by atoms with Crippen molar-refractivity contribution in [1.82, 2.24) is 10.2 Å². The van der Waals surface area contributed by atoms with Crippen LogP contribution in [-0.4, -0.2) is 42.2 Å². The lowest BCUT2D eigenvalue weighted by Crippen LogP contribution is -2.22. The van der Waals surface area contributed by atoms with Gasteiger partial charge in [-0.3, -0.25) is 9.59 Å². The number of hydrogen-bond acceptors (Lipinski definition) is 6. The smallest absolute Gasteiger partial charge is 0.257 e. The molecule has 0 radical (unpaired) electrons. The summed E-state index contributed by atoms with van der Waals surface area (Å²) < 4.78 is 26.2. The molecule has 1 aromatic carbocycles. The molecule has 0 bridgehead atoms. The standard InChI is InChI=1S/C20H23N3O4.C2H4F2.C2H6/c1-12-7-8-13(27-12)11-21-15-9-10-17(24)18(15)22-16-6-4-5-14(19(16)25)20(26)23(2)3;1-2(3)4;1-2/h4-8,21-22,25H,9-11H2,1-3H3;2H,1H3;1-2H3. The SMILES string of the molecule is CC.CC(F)F.Cc1ccc(CNC2=C(Nc3cccc(C(=O)N(C)C)c3O)C(=O)CC2)o1. The third kappa shape index (κ3) is 8.25. The van der Waals surface area contributed by atoms with Crippen LogP contribution in [0.15, 0.2) is 46.1 Å². The molecular weight excluding hydrogens is 432 g/mol. The Morgan fingerprint density at radius 1 is 1.18 bits per heavy atom. The van der Waals surface area contributed by atoms with Gasteiger partial charge in [0.2, 0.25) is 6.43 Å². The molecule has 0 saturated heterocycles. The summed E-state index contributed by atoms with van der Waals surface area (Å²) >= 11 is 0. The highest BCUT2D eigenvalue weighted by molar-refractivity contribution is 6.03. The number of nitrogens with one attached hydrogen (secondary N) is 2. The third-order valence-electron chi connectivity index (χ3n) is 4.39. The van der Waals surface area contributed by atoms with Gasteiger partial charge in [0.05, 0.1) is 17.8 Å². The fourth-order valence-corrected chi connectivity index (χ4v) is 2.95. The molecule has 1 amide bonds. The van der Waals surface area contributed by atoms with E-state index in [9.17, 15) is 23.5 Å². The van der Waals surface area contributed by atoms with Crippen molar-refractivity contribution in [3.8, 4) is 5.75 Å². The minimum Gasteiger partial charge on any atom is -0.505 e. The van der Waals surface area contributed by atoms with Crippen molar-refractivity contribution in [1.29, 1.82) is 0 Å². The minimum atomic E-state index is -2.17. The van der Waals surface area contributed by atoms with E-state index in [1.54, 1.807) is 32.3 Å². The predicted octanol–water partition coefficient (Wildman–Crippen LogP) is 5.07. The average Bonchev–Trinajstić information content (AvgIpc) is 3.33. The first-order chi connectivity index (χ1) is 15.6. The Hall–Kier alpha value is -3.36. The largest absolute Gasteiger partial charge is 0.505 e. The zero-order valence-electron chi connectivity index (χ0n) is 20.0. The van der Waals surface area contributed by atoms with Gasteiger partial charge in [-0.15, -0.1) is 0 Å². The lowest BCUT2D eigenvalue weighted by Gasteiger charge is -2.16. The number of carbonyl (C=O) groups excluding carboxylic acids is 2. The van der Waals surface area contributed by atoms with Crippen LogP contribution in [0.25, 0.3) is 0 Å². The van der Waals surface area contributed by atoms with Gasteiger partial charge in [-0.25, -0.2) is 8.78 Å². The molecule has 1 heterocycles. The Bertz CT molecular complexity index is 966. The number of aryl methyl sites for hydroxylation is 1. The molecule has 3 N–H and O–H groups in total. The number of amides is 1. The quantitative estimate of drug-likeness (QED) is 0.516. The van der Waals surface area contributed by atoms with Crippen molar-refractivity contribution in [2.24, 2.45) is 0 Å². The van der Waals surface area contributed by atoms with E-state index in [2.05, 4.69) is 10.6 Å². The summed E-state index contributed by atoms with van der Waals surface area (Å²) in [4.78, 5) is 25.9. The van der Waals surface area contributed by atoms with Gasteiger partial charge in [0.25, 0.3) is 5.91 Å². The number of aromatic hydroxyl groups is 1. The molecular formula is C24H33F2N3O4. The number of phenols is 1. The van der Waals surface area contributed by atoms with Gasteiger partial charge in [0, 0.05) is 26.2 Å². The molecule has 3 rings (SSSR count). The van der Waals surface area contributed by atoms with E-state index in [0.29, 0.717) is 30.8 Å². The lowest BCUT2D eigenvalue weighted by atomic mass is 10.1. The number of carbonyl (C=O) groups is 2. The van der Waals surface area contributed by atoms with E-state index in [0.717, 1.165) is 24.1 Å². The predicted molar refractivity (Wildman–Crippen MR) is 124 cm³/mol. The summed E-state index contributed by atoms with van der Waals surface area (Å²) in [6.45, 7) is 7.17. The Balaban J connectivity index is 0.000000820. The number of anilines is 1. The van der Waals surface area contributed by atoms with Crippen LogP contribution in [0.1, 0.15) is 55.5 Å². The van der Waals surface area contributed by atoms with Crippen molar-refractivity contribution in [2.75, 3.05) is 19.4 Å². The number of nitrogens with zero attached hydrogens (tertiary/aromatic N) is 1. The number of furan rings is 1. The monoisotopic (exact) mass is 465 g/mol. The van der Waals surface area contributed by atoms with Crippen molar-refractivity contribution in [2.45, 2.75) is 53.5 Å². The second-order valence-corrected chi connectivity index (χ2v) is 7.19. The highest BCUT2D eigenvalue weighted by Gasteiger charge is 2.25. The second-order valence-electron chi connectivity index (χ2n) is 7.19. The van der Waals surface area contributed by atoms with Gasteiger partial charge in [0.15, 0.2) is 11.5 Å². The first kappa shape index (κ1) is 27.7. The maximum Gasteiger partial charge on any atom is 0.257 e. The summed E-state index contributed by atoms with van der Waals surface area (Å²) in [5, 5.41) is 16.7. The summed E-state index contributed by atoms with van der Waals surface area (Å²) in [5.41, 5.74) is 1.67. The maximum absolute atomic E-state index is 12.3. The summed E-state index contributed by atoms with van der Waals surface area (Å²) in [5.74, 6) is 1.07. The van der Waals surface area contributed by atoms with Gasteiger partial charge < -0.3 is 25.1 Å². The molecule has 0 unspecified atom stereocenters. The van der Waals surface area contributed by atoms with E-state index in [4.69, 9.17) is 4.42 Å². The van der Waals surface area contributed by atoms with Crippen LogP contribution in [0.5, 0.6) is 5.75 Å². The van der Waals surface area contributed by atoms with Gasteiger partial charge >= 0.3 is 0 Å². The maximum atomic E-state index is 12.3. The number of benzene rings is 1. The van der Waals surface area contributed by atoms with Crippen molar-refractivity contribution in [3.05, 3.63) is 58.8 Å². The van der Waals surface area contributed by atoms with Crippen LogP contribution in [0.3, 0.4) is 0 Å². The van der Waals surface area contributed by atoms with Gasteiger partial charge in [-0.2, -0.15) is 0 Å². The van der Waals surface area contributed by atoms with Crippen LogP contribution in [0, 0.1) is 6.92 Å². The number of allylic oxidation sites excluding steroid dienone is 2. The number of alkyl halides is 2. The number of rotatable bonds is 6. The summed E-state index contributed by atoms with van der Waals surface area (Å²) in [6, 6.07) is 8.61. The minimum absolute atomic E-state index is 0.0446. The van der Waals surface area contributed by atoms with E-state index in [1.165, 1.54) is 4.90 Å². The fraction of sp³-hybridized carbons (Fsp3) is 0.417. The topological polar surface area (TPSA) is 94.8 Å². The zero-order valence-corrected chi connectivity index (χ0v) is 20.0. The Kier molecular flexibility index (Phi) is 11.1. The van der Waals surface area contributed by atoms with Crippen LogP contribution in [0.4, 0.5) is 14.5 Å². The molecule has 0 saturated carbocycles. The molecule has 1 aliphatic rings. The Morgan fingerprint density at radius 2 is 1.82 bits per heavy atom. The van der Waals surface area contributed by atoms with Crippen LogP contribution >= 0.6 is 0 Å². The zero-order chi connectivity index (χ0) is 25.1.